The van der Waals surface area contributed by atoms with Crippen molar-refractivity contribution in [3.05, 3.63) is 79.9 Å². The van der Waals surface area contributed by atoms with Crippen molar-refractivity contribution in [3.8, 4) is 0 Å². The van der Waals surface area contributed by atoms with Crippen molar-refractivity contribution in [2.45, 2.75) is 20.4 Å². The minimum absolute atomic E-state index is 0.398. The second kappa shape index (κ2) is 5.30. The molecule has 0 aliphatic heterocycles. The van der Waals surface area contributed by atoms with Crippen LogP contribution >= 0.6 is 0 Å². The van der Waals surface area contributed by atoms with E-state index in [1.165, 1.54) is 4.57 Å². The Bertz CT molecular complexity index is 966. The first kappa shape index (κ1) is 14.3. The molecule has 1 heterocycles. The Kier molecular flexibility index (Phi) is 3.45. The van der Waals surface area contributed by atoms with Crippen molar-refractivity contribution < 1.29 is 0 Å². The van der Waals surface area contributed by atoms with E-state index in [4.69, 9.17) is 0 Å². The molecule has 0 atom stereocenters. The third kappa shape index (κ3) is 2.26. The molecule has 4 heteroatoms. The van der Waals surface area contributed by atoms with Gasteiger partial charge >= 0.3 is 11.1 Å². The van der Waals surface area contributed by atoms with Crippen molar-refractivity contribution in [2.75, 3.05) is 0 Å². The average molecular weight is 294 g/mol. The Balaban J connectivity index is 2.36. The Morgan fingerprint density at radius 2 is 1.45 bits per heavy atom. The lowest BCUT2D eigenvalue weighted by atomic mass is 10.1. The molecule has 0 unspecified atom stereocenters. The van der Waals surface area contributed by atoms with Gasteiger partial charge in [0.25, 0.3) is 0 Å². The van der Waals surface area contributed by atoms with Crippen LogP contribution in [0.4, 0.5) is 0 Å². The summed E-state index contributed by atoms with van der Waals surface area (Å²) in [4.78, 5) is 24.7. The number of benzene rings is 2. The van der Waals surface area contributed by atoms with E-state index in [2.05, 4.69) is 0 Å². The predicted molar refractivity (Wildman–Crippen MR) is 88.5 cm³/mol. The van der Waals surface area contributed by atoms with Crippen molar-refractivity contribution in [2.24, 2.45) is 7.05 Å². The van der Waals surface area contributed by atoms with Gasteiger partial charge in [-0.05, 0) is 42.7 Å². The molecule has 1 aromatic heterocycles. The largest absolute Gasteiger partial charge is 0.317 e. The highest BCUT2D eigenvalue weighted by atomic mass is 16.2. The Morgan fingerprint density at radius 1 is 0.864 bits per heavy atom. The summed E-state index contributed by atoms with van der Waals surface area (Å²) in [7, 11) is 1.65. The van der Waals surface area contributed by atoms with Crippen LogP contribution in [0.5, 0.6) is 0 Å². The van der Waals surface area contributed by atoms with Crippen LogP contribution in [0.25, 0.3) is 11.0 Å². The number of hydrogen-bond donors (Lipinski definition) is 0. The highest BCUT2D eigenvalue weighted by Crippen LogP contribution is 2.17. The van der Waals surface area contributed by atoms with Crippen molar-refractivity contribution in [1.29, 1.82) is 0 Å². The molecule has 0 N–H and O–H groups in total. The predicted octanol–water partition coefficient (Wildman–Crippen LogP) is 2.37. The first-order valence-electron chi connectivity index (χ1n) is 7.24. The second-order valence-corrected chi connectivity index (χ2v) is 5.67. The molecule has 2 aromatic carbocycles. The van der Waals surface area contributed by atoms with Crippen LogP contribution in [0.2, 0.25) is 0 Å². The summed E-state index contributed by atoms with van der Waals surface area (Å²) < 4.78 is 3.00. The molecule has 4 nitrogen and oxygen atoms in total. The van der Waals surface area contributed by atoms with E-state index in [9.17, 15) is 9.59 Å². The van der Waals surface area contributed by atoms with Crippen LogP contribution in [0.3, 0.4) is 0 Å². The molecule has 0 bridgehead atoms. The maximum absolute atomic E-state index is 12.4. The molecular weight excluding hydrogens is 276 g/mol. The summed E-state index contributed by atoms with van der Waals surface area (Å²) in [6.45, 7) is 4.41. The average Bonchev–Trinajstić information content (AvgIpc) is 2.52. The fraction of sp³-hybridized carbons (Fsp3) is 0.222. The van der Waals surface area contributed by atoms with Gasteiger partial charge in [-0.1, -0.05) is 30.3 Å². The number of aryl methyl sites for hydroxylation is 3. The van der Waals surface area contributed by atoms with E-state index in [-0.39, 0.29) is 0 Å². The maximum Gasteiger partial charge on any atom is 0.317 e. The molecule has 112 valence electrons. The molecule has 3 aromatic rings. The second-order valence-electron chi connectivity index (χ2n) is 5.67. The first-order chi connectivity index (χ1) is 10.5. The molecule has 0 saturated carbocycles. The van der Waals surface area contributed by atoms with E-state index >= 15 is 0 Å². The van der Waals surface area contributed by atoms with Crippen LogP contribution in [-0.4, -0.2) is 9.13 Å². The van der Waals surface area contributed by atoms with Crippen molar-refractivity contribution in [1.82, 2.24) is 9.13 Å². The van der Waals surface area contributed by atoms with Crippen LogP contribution in [-0.2, 0) is 13.6 Å². The lowest BCUT2D eigenvalue weighted by Gasteiger charge is -2.14. The molecule has 22 heavy (non-hydrogen) atoms. The minimum atomic E-state index is -0.494. The minimum Gasteiger partial charge on any atom is -0.305 e. The van der Waals surface area contributed by atoms with Crippen molar-refractivity contribution >= 4 is 11.0 Å². The molecule has 0 fully saturated rings. The molecular formula is C18H18N2O2. The summed E-state index contributed by atoms with van der Waals surface area (Å²) in [5.41, 5.74) is 3.80. The van der Waals surface area contributed by atoms with Crippen LogP contribution in [0, 0.1) is 13.8 Å². The van der Waals surface area contributed by atoms with E-state index < -0.39 is 11.1 Å². The highest BCUT2D eigenvalue weighted by Gasteiger charge is 2.12. The quantitative estimate of drug-likeness (QED) is 0.681. The SMILES string of the molecule is Cc1cc2c(cc1C)n(Cc1ccccc1)c(=O)c(=O)n2C. The molecule has 0 aliphatic rings. The zero-order valence-corrected chi connectivity index (χ0v) is 13.0. The summed E-state index contributed by atoms with van der Waals surface area (Å²) in [6.07, 6.45) is 0. The topological polar surface area (TPSA) is 44.0 Å². The van der Waals surface area contributed by atoms with Crippen LogP contribution < -0.4 is 11.1 Å². The van der Waals surface area contributed by atoms with Gasteiger partial charge in [-0.2, -0.15) is 0 Å². The molecule has 0 radical (unpaired) electrons. The van der Waals surface area contributed by atoms with Crippen LogP contribution in [0.15, 0.2) is 52.1 Å². The van der Waals surface area contributed by atoms with Crippen molar-refractivity contribution in [3.63, 3.8) is 0 Å². The standard InChI is InChI=1S/C18H18N2O2/c1-12-9-15-16(10-13(12)2)20(18(22)17(21)19(15)3)11-14-7-5-4-6-8-14/h4-10H,11H2,1-3H3. The van der Waals surface area contributed by atoms with Gasteiger partial charge in [0, 0.05) is 7.05 Å². The van der Waals surface area contributed by atoms with Gasteiger partial charge in [0.1, 0.15) is 0 Å². The summed E-state index contributed by atoms with van der Waals surface area (Å²) in [6, 6.07) is 13.6. The number of nitrogens with zero attached hydrogens (tertiary/aromatic N) is 2. The fourth-order valence-corrected chi connectivity index (χ4v) is 2.67. The molecule has 0 amide bonds. The van der Waals surface area contributed by atoms with E-state index in [1.807, 2.05) is 56.3 Å². The first-order valence-corrected chi connectivity index (χ1v) is 7.24. The lowest BCUT2D eigenvalue weighted by molar-refractivity contribution is 0.741. The normalized spacial score (nSPS) is 11.0. The Morgan fingerprint density at radius 3 is 2.09 bits per heavy atom. The molecule has 0 spiro atoms. The van der Waals surface area contributed by atoms with Gasteiger partial charge < -0.3 is 4.57 Å². The van der Waals surface area contributed by atoms with Gasteiger partial charge in [-0.3, -0.25) is 14.2 Å². The maximum atomic E-state index is 12.4. The number of rotatable bonds is 2. The van der Waals surface area contributed by atoms with Gasteiger partial charge in [0.05, 0.1) is 17.6 Å². The molecule has 0 aliphatic carbocycles. The van der Waals surface area contributed by atoms with Gasteiger partial charge in [0.15, 0.2) is 0 Å². The number of aromatic nitrogens is 2. The Labute approximate surface area is 128 Å². The molecule has 3 rings (SSSR count). The summed E-state index contributed by atoms with van der Waals surface area (Å²) in [5.74, 6) is 0. The third-order valence-electron chi connectivity index (χ3n) is 4.16. The third-order valence-corrected chi connectivity index (χ3v) is 4.16. The van der Waals surface area contributed by atoms with Gasteiger partial charge in [-0.25, -0.2) is 0 Å². The monoisotopic (exact) mass is 294 g/mol. The highest BCUT2D eigenvalue weighted by molar-refractivity contribution is 5.77. The fourth-order valence-electron chi connectivity index (χ4n) is 2.67. The van der Waals surface area contributed by atoms with E-state index in [0.29, 0.717) is 6.54 Å². The zero-order valence-electron chi connectivity index (χ0n) is 13.0. The van der Waals surface area contributed by atoms with E-state index in [1.54, 1.807) is 11.6 Å². The lowest BCUT2D eigenvalue weighted by Crippen LogP contribution is -2.40. The number of hydrogen-bond acceptors (Lipinski definition) is 2. The van der Waals surface area contributed by atoms with Gasteiger partial charge in [-0.15, -0.1) is 0 Å². The summed E-state index contributed by atoms with van der Waals surface area (Å²) in [5, 5.41) is 0. The zero-order chi connectivity index (χ0) is 15.9. The van der Waals surface area contributed by atoms with Gasteiger partial charge in [0.2, 0.25) is 0 Å². The number of fused-ring (bicyclic) bond motifs is 1. The van der Waals surface area contributed by atoms with E-state index in [0.717, 1.165) is 27.7 Å². The molecule has 0 saturated heterocycles. The smallest absolute Gasteiger partial charge is 0.305 e. The van der Waals surface area contributed by atoms with Crippen LogP contribution in [0.1, 0.15) is 16.7 Å². The Hall–Kier alpha value is -2.62. The summed E-state index contributed by atoms with van der Waals surface area (Å²) >= 11 is 0.